The lowest BCUT2D eigenvalue weighted by atomic mass is 10.1. The summed E-state index contributed by atoms with van der Waals surface area (Å²) in [6.45, 7) is 1.34. The first-order valence-corrected chi connectivity index (χ1v) is 7.36. The highest BCUT2D eigenvalue weighted by Crippen LogP contribution is 2.25. The van der Waals surface area contributed by atoms with E-state index < -0.39 is 0 Å². The molecule has 1 aliphatic rings. The summed E-state index contributed by atoms with van der Waals surface area (Å²) in [7, 11) is 1.81. The third-order valence-electron chi connectivity index (χ3n) is 3.54. The molecule has 6 nitrogen and oxygen atoms in total. The number of benzene rings is 1. The predicted octanol–water partition coefficient (Wildman–Crippen LogP) is 2.12. The van der Waals surface area contributed by atoms with Crippen LogP contribution in [0, 0.1) is 0 Å². The Bertz CT molecular complexity index is 648. The maximum absolute atomic E-state index is 12.5. The minimum atomic E-state index is -0.144. The molecule has 3 rings (SSSR count). The summed E-state index contributed by atoms with van der Waals surface area (Å²) in [5, 5.41) is 7.06. The lowest BCUT2D eigenvalue weighted by molar-refractivity contribution is 0.0623. The van der Waals surface area contributed by atoms with E-state index in [1.165, 1.54) is 0 Å². The molecule has 0 unspecified atom stereocenters. The lowest BCUT2D eigenvalue weighted by Gasteiger charge is -2.23. The number of carbonyl (C=O) groups excluding carboxylic acids is 1. The van der Waals surface area contributed by atoms with Gasteiger partial charge in [0.25, 0.3) is 5.91 Å². The second kappa shape index (κ2) is 6.62. The van der Waals surface area contributed by atoms with Crippen LogP contribution in [0.4, 0.5) is 0 Å². The van der Waals surface area contributed by atoms with Crippen LogP contribution < -0.4 is 10.1 Å². The van der Waals surface area contributed by atoms with Crippen molar-refractivity contribution in [1.29, 1.82) is 0 Å². The molecule has 116 valence electrons. The van der Waals surface area contributed by atoms with Gasteiger partial charge in [0, 0.05) is 13.7 Å². The van der Waals surface area contributed by atoms with Crippen molar-refractivity contribution in [3.8, 4) is 11.5 Å². The maximum Gasteiger partial charge on any atom is 0.255 e. The van der Waals surface area contributed by atoms with E-state index in [2.05, 4.69) is 10.4 Å². The molecule has 1 aliphatic heterocycles. The highest BCUT2D eigenvalue weighted by atomic mass is 16.5. The van der Waals surface area contributed by atoms with Gasteiger partial charge in [0.05, 0.1) is 30.6 Å². The quantitative estimate of drug-likeness (QED) is 0.939. The third-order valence-corrected chi connectivity index (χ3v) is 3.54. The first kappa shape index (κ1) is 14.6. The van der Waals surface area contributed by atoms with Crippen molar-refractivity contribution in [3.63, 3.8) is 0 Å². The van der Waals surface area contributed by atoms with E-state index >= 15 is 0 Å². The molecule has 22 heavy (non-hydrogen) atoms. The molecule has 1 amide bonds. The summed E-state index contributed by atoms with van der Waals surface area (Å²) in [5.74, 6) is 0.975. The highest BCUT2D eigenvalue weighted by molar-refractivity contribution is 5.97. The third kappa shape index (κ3) is 3.46. The summed E-state index contributed by atoms with van der Waals surface area (Å²) in [6, 6.07) is 7.26. The topological polar surface area (TPSA) is 65.4 Å². The Morgan fingerprint density at radius 2 is 2.32 bits per heavy atom. The van der Waals surface area contributed by atoms with E-state index in [-0.39, 0.29) is 11.9 Å². The van der Waals surface area contributed by atoms with E-state index in [1.54, 1.807) is 29.2 Å². The number of nitrogens with zero attached hydrogens (tertiary/aromatic N) is 2. The number of amides is 1. The molecule has 1 N–H and O–H groups in total. The molecule has 0 aliphatic carbocycles. The molecule has 1 aromatic carbocycles. The fraction of sp³-hybridized carbons (Fsp3) is 0.375. The summed E-state index contributed by atoms with van der Waals surface area (Å²) in [5.41, 5.74) is 0.511. The highest BCUT2D eigenvalue weighted by Gasteiger charge is 2.19. The minimum Gasteiger partial charge on any atom is -0.453 e. The smallest absolute Gasteiger partial charge is 0.255 e. The zero-order chi connectivity index (χ0) is 15.4. The number of carbonyl (C=O) groups is 1. The van der Waals surface area contributed by atoms with Crippen LogP contribution in [0.5, 0.6) is 11.5 Å². The standard InChI is InChI=1S/C16H19N3O3/c1-19-10-13(9-17-19)22-15-7-3-2-6-14(15)16(20)18-12-5-4-8-21-11-12/h2-3,6-7,9-10,12H,4-5,8,11H2,1H3,(H,18,20)/t12-/m1/s1. The molecular weight excluding hydrogens is 282 g/mol. The first-order valence-electron chi connectivity index (χ1n) is 7.36. The second-order valence-corrected chi connectivity index (χ2v) is 5.34. The zero-order valence-corrected chi connectivity index (χ0v) is 12.5. The first-order chi connectivity index (χ1) is 10.7. The van der Waals surface area contributed by atoms with Crippen molar-refractivity contribution in [1.82, 2.24) is 15.1 Å². The molecule has 1 fully saturated rings. The monoisotopic (exact) mass is 301 g/mol. The van der Waals surface area contributed by atoms with Gasteiger partial charge in [-0.3, -0.25) is 9.48 Å². The zero-order valence-electron chi connectivity index (χ0n) is 12.5. The molecule has 1 saturated heterocycles. The minimum absolute atomic E-state index is 0.0627. The number of nitrogens with one attached hydrogen (secondary N) is 1. The van der Waals surface area contributed by atoms with Gasteiger partial charge in [-0.15, -0.1) is 0 Å². The largest absolute Gasteiger partial charge is 0.453 e. The Balaban J connectivity index is 1.73. The van der Waals surface area contributed by atoms with Gasteiger partial charge in [0.2, 0.25) is 0 Å². The number of hydrogen-bond acceptors (Lipinski definition) is 4. The molecular formula is C16H19N3O3. The predicted molar refractivity (Wildman–Crippen MR) is 81.0 cm³/mol. The fourth-order valence-corrected chi connectivity index (χ4v) is 2.44. The van der Waals surface area contributed by atoms with Gasteiger partial charge in [-0.05, 0) is 25.0 Å². The van der Waals surface area contributed by atoms with Crippen molar-refractivity contribution in [2.45, 2.75) is 18.9 Å². The van der Waals surface area contributed by atoms with Crippen LogP contribution in [0.1, 0.15) is 23.2 Å². The number of rotatable bonds is 4. The van der Waals surface area contributed by atoms with Crippen molar-refractivity contribution in [3.05, 3.63) is 42.2 Å². The van der Waals surface area contributed by atoms with E-state index in [0.717, 1.165) is 19.4 Å². The summed E-state index contributed by atoms with van der Waals surface area (Å²) in [6.07, 6.45) is 5.28. The maximum atomic E-state index is 12.5. The van der Waals surface area contributed by atoms with Crippen LogP contribution in [-0.2, 0) is 11.8 Å². The Labute approximate surface area is 129 Å². The van der Waals surface area contributed by atoms with Crippen molar-refractivity contribution >= 4 is 5.91 Å². The molecule has 0 spiro atoms. The normalized spacial score (nSPS) is 18.0. The Morgan fingerprint density at radius 3 is 3.05 bits per heavy atom. The van der Waals surface area contributed by atoms with Gasteiger partial charge in [-0.1, -0.05) is 12.1 Å². The molecule has 0 bridgehead atoms. The SMILES string of the molecule is Cn1cc(Oc2ccccc2C(=O)N[C@@H]2CCCOC2)cn1. The average molecular weight is 301 g/mol. The van der Waals surface area contributed by atoms with E-state index in [4.69, 9.17) is 9.47 Å². The van der Waals surface area contributed by atoms with Gasteiger partial charge >= 0.3 is 0 Å². The Morgan fingerprint density at radius 1 is 1.45 bits per heavy atom. The molecule has 0 radical (unpaired) electrons. The number of hydrogen-bond donors (Lipinski definition) is 1. The van der Waals surface area contributed by atoms with Crippen LogP contribution in [0.25, 0.3) is 0 Å². The fourth-order valence-electron chi connectivity index (χ4n) is 2.44. The van der Waals surface area contributed by atoms with Crippen molar-refractivity contribution in [2.24, 2.45) is 7.05 Å². The molecule has 2 heterocycles. The number of ether oxygens (including phenoxy) is 2. The molecule has 0 saturated carbocycles. The van der Waals surface area contributed by atoms with Crippen molar-refractivity contribution < 1.29 is 14.3 Å². The molecule has 6 heteroatoms. The second-order valence-electron chi connectivity index (χ2n) is 5.34. The molecule has 1 aromatic heterocycles. The van der Waals surface area contributed by atoms with Gasteiger partial charge in [0.15, 0.2) is 5.75 Å². The van der Waals surface area contributed by atoms with Gasteiger partial charge in [0.1, 0.15) is 5.75 Å². The average Bonchev–Trinajstić information content (AvgIpc) is 2.94. The van der Waals surface area contributed by atoms with Gasteiger partial charge < -0.3 is 14.8 Å². The molecule has 1 atom stereocenters. The van der Waals surface area contributed by atoms with Crippen LogP contribution in [0.15, 0.2) is 36.7 Å². The summed E-state index contributed by atoms with van der Waals surface area (Å²) < 4.78 is 12.8. The molecule has 2 aromatic rings. The van der Waals surface area contributed by atoms with Gasteiger partial charge in [-0.25, -0.2) is 0 Å². The summed E-state index contributed by atoms with van der Waals surface area (Å²) >= 11 is 0. The van der Waals surface area contributed by atoms with E-state index in [9.17, 15) is 4.79 Å². The Hall–Kier alpha value is -2.34. The van der Waals surface area contributed by atoms with Crippen LogP contribution in [0.2, 0.25) is 0 Å². The van der Waals surface area contributed by atoms with E-state index in [1.807, 2.05) is 19.2 Å². The Kier molecular flexibility index (Phi) is 4.39. The lowest BCUT2D eigenvalue weighted by Crippen LogP contribution is -2.40. The summed E-state index contributed by atoms with van der Waals surface area (Å²) in [4.78, 5) is 12.5. The van der Waals surface area contributed by atoms with Crippen molar-refractivity contribution in [2.75, 3.05) is 13.2 Å². The van der Waals surface area contributed by atoms with Crippen LogP contribution in [-0.4, -0.2) is 34.9 Å². The number of aromatic nitrogens is 2. The number of para-hydroxylation sites is 1. The number of aryl methyl sites for hydroxylation is 1. The van der Waals surface area contributed by atoms with Gasteiger partial charge in [-0.2, -0.15) is 5.10 Å². The van der Waals surface area contributed by atoms with E-state index in [0.29, 0.717) is 23.7 Å². The van der Waals surface area contributed by atoms with Crippen LogP contribution in [0.3, 0.4) is 0 Å². The van der Waals surface area contributed by atoms with Crippen LogP contribution >= 0.6 is 0 Å².